The molecule has 174 valence electrons. The Labute approximate surface area is 190 Å². The van der Waals surface area contributed by atoms with Crippen molar-refractivity contribution in [1.29, 1.82) is 0 Å². The van der Waals surface area contributed by atoms with Gasteiger partial charge in [0.2, 0.25) is 5.91 Å². The van der Waals surface area contributed by atoms with Crippen LogP contribution >= 0.6 is 0 Å². The van der Waals surface area contributed by atoms with Crippen molar-refractivity contribution in [3.8, 4) is 0 Å². The molecule has 0 saturated carbocycles. The summed E-state index contributed by atoms with van der Waals surface area (Å²) in [4.78, 5) is 28.8. The second-order valence-electron chi connectivity index (χ2n) is 10.0. The average molecular weight is 440 g/mol. The van der Waals surface area contributed by atoms with Crippen LogP contribution in [0, 0.1) is 5.92 Å². The second-order valence-corrected chi connectivity index (χ2v) is 10.0. The largest absolute Gasteiger partial charge is 0.353 e. The van der Waals surface area contributed by atoms with E-state index in [0.717, 1.165) is 63.0 Å². The number of piperidine rings is 1. The number of carbonyl (C=O) groups excluding carboxylic acids is 1. The minimum Gasteiger partial charge on any atom is -0.353 e. The smallest absolute Gasteiger partial charge is 0.345 e. The molecule has 1 N–H and O–H groups in total. The van der Waals surface area contributed by atoms with E-state index >= 15 is 0 Å². The fourth-order valence-corrected chi connectivity index (χ4v) is 5.03. The van der Waals surface area contributed by atoms with Crippen LogP contribution in [0.25, 0.3) is 0 Å². The Bertz CT molecular complexity index is 970. The molecular formula is C25H37N5O2. The van der Waals surface area contributed by atoms with Crippen LogP contribution in [-0.4, -0.2) is 51.3 Å². The van der Waals surface area contributed by atoms with Gasteiger partial charge in [0.15, 0.2) is 0 Å². The summed E-state index contributed by atoms with van der Waals surface area (Å²) in [5, 5.41) is 7.98. The lowest BCUT2D eigenvalue weighted by atomic mass is 9.72. The molecule has 1 unspecified atom stereocenters. The highest BCUT2D eigenvalue weighted by Gasteiger charge is 2.43. The van der Waals surface area contributed by atoms with Crippen molar-refractivity contribution in [2.75, 3.05) is 20.1 Å². The van der Waals surface area contributed by atoms with Gasteiger partial charge in [-0.15, -0.1) is 0 Å². The zero-order valence-electron chi connectivity index (χ0n) is 19.7. The van der Waals surface area contributed by atoms with Crippen molar-refractivity contribution in [1.82, 2.24) is 24.6 Å². The van der Waals surface area contributed by atoms with Gasteiger partial charge in [0.05, 0.1) is 5.41 Å². The van der Waals surface area contributed by atoms with Crippen LogP contribution in [0.4, 0.5) is 0 Å². The Morgan fingerprint density at radius 2 is 1.88 bits per heavy atom. The minimum atomic E-state index is -0.475. The Balaban J connectivity index is 1.45. The molecule has 0 bridgehead atoms. The number of rotatable bonds is 6. The fraction of sp³-hybridized carbons (Fsp3) is 0.640. The Kier molecular flexibility index (Phi) is 6.84. The highest BCUT2D eigenvalue weighted by atomic mass is 16.2. The Morgan fingerprint density at radius 1 is 1.16 bits per heavy atom. The third-order valence-corrected chi connectivity index (χ3v) is 7.27. The van der Waals surface area contributed by atoms with Crippen LogP contribution in [0.15, 0.2) is 35.1 Å². The number of carbonyl (C=O) groups is 1. The number of hydrogen-bond acceptors (Lipinski definition) is 4. The summed E-state index contributed by atoms with van der Waals surface area (Å²) < 4.78 is 3.44. The lowest BCUT2D eigenvalue weighted by molar-refractivity contribution is -0.129. The summed E-state index contributed by atoms with van der Waals surface area (Å²) in [5.74, 6) is 1.53. The van der Waals surface area contributed by atoms with Gasteiger partial charge in [-0.3, -0.25) is 9.36 Å². The van der Waals surface area contributed by atoms with Crippen molar-refractivity contribution >= 4 is 5.91 Å². The highest BCUT2D eigenvalue weighted by molar-refractivity contribution is 5.88. The predicted octanol–water partition coefficient (Wildman–Crippen LogP) is 2.58. The molecular weight excluding hydrogens is 402 g/mol. The number of aryl methyl sites for hydroxylation is 2. The van der Waals surface area contributed by atoms with Crippen molar-refractivity contribution in [3.05, 3.63) is 52.2 Å². The molecule has 1 amide bonds. The molecule has 0 spiro atoms. The van der Waals surface area contributed by atoms with Gasteiger partial charge in [0.1, 0.15) is 5.82 Å². The fourth-order valence-electron chi connectivity index (χ4n) is 5.03. The van der Waals surface area contributed by atoms with E-state index in [1.165, 1.54) is 0 Å². The number of fused-ring (bicyclic) bond motifs is 1. The maximum Gasteiger partial charge on any atom is 0.345 e. The maximum absolute atomic E-state index is 13.7. The molecule has 2 aromatic rings. The van der Waals surface area contributed by atoms with E-state index in [1.807, 2.05) is 22.8 Å². The van der Waals surface area contributed by atoms with E-state index in [4.69, 9.17) is 0 Å². The van der Waals surface area contributed by atoms with Gasteiger partial charge in [-0.05, 0) is 63.7 Å². The van der Waals surface area contributed by atoms with E-state index in [0.29, 0.717) is 19.0 Å². The molecule has 4 rings (SSSR count). The van der Waals surface area contributed by atoms with Gasteiger partial charge in [-0.25, -0.2) is 9.48 Å². The SMILES string of the molecule is CC(C)CCn1nc2n(c1=O)CCC(NC(=O)C1(c3ccccc3)CCN(C)CC1)CC2. The molecule has 7 heteroatoms. The number of aromatic nitrogens is 3. The van der Waals surface area contributed by atoms with Gasteiger partial charge in [0.25, 0.3) is 0 Å². The van der Waals surface area contributed by atoms with Crippen molar-refractivity contribution in [3.63, 3.8) is 0 Å². The second kappa shape index (κ2) is 9.61. The number of amides is 1. The van der Waals surface area contributed by atoms with Crippen LogP contribution in [0.3, 0.4) is 0 Å². The lowest BCUT2D eigenvalue weighted by Crippen LogP contribution is -2.53. The molecule has 2 aliphatic heterocycles. The van der Waals surface area contributed by atoms with Gasteiger partial charge in [0, 0.05) is 25.6 Å². The van der Waals surface area contributed by atoms with E-state index in [9.17, 15) is 9.59 Å². The van der Waals surface area contributed by atoms with E-state index < -0.39 is 5.41 Å². The zero-order valence-corrected chi connectivity index (χ0v) is 19.7. The molecule has 3 heterocycles. The van der Waals surface area contributed by atoms with Crippen LogP contribution in [0.2, 0.25) is 0 Å². The van der Waals surface area contributed by atoms with Crippen LogP contribution < -0.4 is 11.0 Å². The molecule has 32 heavy (non-hydrogen) atoms. The quantitative estimate of drug-likeness (QED) is 0.751. The van der Waals surface area contributed by atoms with Crippen molar-refractivity contribution in [2.24, 2.45) is 5.92 Å². The first-order valence-corrected chi connectivity index (χ1v) is 12.1. The molecule has 1 saturated heterocycles. The lowest BCUT2D eigenvalue weighted by Gasteiger charge is -2.40. The van der Waals surface area contributed by atoms with Gasteiger partial charge in [-0.2, -0.15) is 5.10 Å². The Morgan fingerprint density at radius 3 is 2.56 bits per heavy atom. The number of hydrogen-bond donors (Lipinski definition) is 1. The van der Waals surface area contributed by atoms with E-state index in [-0.39, 0.29) is 17.6 Å². The summed E-state index contributed by atoms with van der Waals surface area (Å²) in [6, 6.07) is 10.3. The molecule has 1 aromatic heterocycles. The van der Waals surface area contributed by atoms with Gasteiger partial charge in [-0.1, -0.05) is 44.2 Å². The van der Waals surface area contributed by atoms with Crippen LogP contribution in [0.1, 0.15) is 57.3 Å². The standard InChI is InChI=1S/C25H37N5O2/c1-19(2)11-16-30-24(32)29-15-12-21(9-10-22(29)27-30)26-23(31)25(13-17-28(3)18-14-25)20-7-5-4-6-8-20/h4-8,19,21H,9-18H2,1-3H3,(H,26,31). The van der Waals surface area contributed by atoms with Crippen LogP contribution in [0.5, 0.6) is 0 Å². The summed E-state index contributed by atoms with van der Waals surface area (Å²) in [7, 11) is 2.12. The van der Waals surface area contributed by atoms with Crippen LogP contribution in [-0.2, 0) is 29.7 Å². The number of nitrogens with zero attached hydrogens (tertiary/aromatic N) is 4. The third kappa shape index (κ3) is 4.68. The third-order valence-electron chi connectivity index (χ3n) is 7.27. The van der Waals surface area contributed by atoms with Crippen molar-refractivity contribution in [2.45, 2.75) is 76.9 Å². The average Bonchev–Trinajstić information content (AvgIpc) is 2.95. The molecule has 0 aliphatic carbocycles. The number of benzene rings is 1. The minimum absolute atomic E-state index is 0.0105. The van der Waals surface area contributed by atoms with E-state index in [1.54, 1.807) is 4.68 Å². The van der Waals surface area contributed by atoms with Crippen molar-refractivity contribution < 1.29 is 4.79 Å². The highest BCUT2D eigenvalue weighted by Crippen LogP contribution is 2.36. The summed E-state index contributed by atoms with van der Waals surface area (Å²) in [6.07, 6.45) is 4.90. The predicted molar refractivity (Wildman–Crippen MR) is 126 cm³/mol. The monoisotopic (exact) mass is 439 g/mol. The first kappa shape index (κ1) is 22.8. The molecule has 2 aliphatic rings. The number of likely N-dealkylation sites (tertiary alicyclic amines) is 1. The molecule has 1 aromatic carbocycles. The summed E-state index contributed by atoms with van der Waals surface area (Å²) in [5.41, 5.74) is 0.626. The zero-order chi connectivity index (χ0) is 22.7. The van der Waals surface area contributed by atoms with E-state index in [2.05, 4.69) is 48.3 Å². The Hall–Kier alpha value is -2.41. The topological polar surface area (TPSA) is 72.2 Å². The van der Waals surface area contributed by atoms with Gasteiger partial charge < -0.3 is 10.2 Å². The van der Waals surface area contributed by atoms with Gasteiger partial charge >= 0.3 is 5.69 Å². The first-order valence-electron chi connectivity index (χ1n) is 12.1. The molecule has 7 nitrogen and oxygen atoms in total. The molecule has 0 radical (unpaired) electrons. The summed E-state index contributed by atoms with van der Waals surface area (Å²) in [6.45, 7) is 7.43. The molecule has 1 atom stereocenters. The molecule has 1 fully saturated rings. The first-order chi connectivity index (χ1) is 15.4. The normalized spacial score (nSPS) is 21.2. The maximum atomic E-state index is 13.7. The number of nitrogens with one attached hydrogen (secondary N) is 1. The summed E-state index contributed by atoms with van der Waals surface area (Å²) >= 11 is 0.